The zero-order valence-electron chi connectivity index (χ0n) is 23.0. The standard InChI is InChI=1S/C30H36Cl2N4O4S/c1-41(39,40)34-23-4-6-28-24(17-23)25(18-33-28)21-8-12-35(13-9-21)19-29(37)22-10-14-36(15-11-22)30(38)7-3-20-2-5-26(31)27(32)16-20/h2-7,16-18,21-22,29,33-34,37H,8-15,19H2,1H3/b7-3+. The number of nitrogens with one attached hydrogen (secondary N) is 2. The fraction of sp³-hybridized carbons (Fsp3) is 0.433. The van der Waals surface area contributed by atoms with Crippen LogP contribution in [-0.4, -0.2) is 79.3 Å². The van der Waals surface area contributed by atoms with E-state index in [0.717, 1.165) is 61.5 Å². The highest BCUT2D eigenvalue weighted by atomic mass is 35.5. The van der Waals surface area contributed by atoms with Crippen LogP contribution < -0.4 is 4.72 Å². The number of aliphatic hydroxyl groups is 1. The number of hydrogen-bond donors (Lipinski definition) is 3. The van der Waals surface area contributed by atoms with Crippen molar-refractivity contribution < 1.29 is 18.3 Å². The first-order chi connectivity index (χ1) is 19.6. The Morgan fingerprint density at radius 1 is 1.07 bits per heavy atom. The highest BCUT2D eigenvalue weighted by Crippen LogP contribution is 2.35. The minimum atomic E-state index is -3.34. The molecule has 11 heteroatoms. The molecule has 2 aromatic carbocycles. The Morgan fingerprint density at radius 2 is 1.80 bits per heavy atom. The normalized spacial score (nSPS) is 18.8. The molecule has 1 unspecified atom stereocenters. The van der Waals surface area contributed by atoms with Crippen molar-refractivity contribution in [1.29, 1.82) is 0 Å². The summed E-state index contributed by atoms with van der Waals surface area (Å²) < 4.78 is 25.9. The van der Waals surface area contributed by atoms with Gasteiger partial charge in [0.15, 0.2) is 0 Å². The average Bonchev–Trinajstić information content (AvgIpc) is 3.36. The Hall–Kier alpha value is -2.56. The largest absolute Gasteiger partial charge is 0.392 e. The van der Waals surface area contributed by atoms with Gasteiger partial charge < -0.3 is 19.9 Å². The quantitative estimate of drug-likeness (QED) is 0.296. The lowest BCUT2D eigenvalue weighted by Gasteiger charge is -2.37. The van der Waals surface area contributed by atoms with Gasteiger partial charge in [0.25, 0.3) is 0 Å². The minimum absolute atomic E-state index is 0.0393. The smallest absolute Gasteiger partial charge is 0.246 e. The molecule has 3 heterocycles. The van der Waals surface area contributed by atoms with Crippen LogP contribution in [0.5, 0.6) is 0 Å². The van der Waals surface area contributed by atoms with Crippen LogP contribution in [0.4, 0.5) is 5.69 Å². The first-order valence-corrected chi connectivity index (χ1v) is 16.6. The van der Waals surface area contributed by atoms with Crippen molar-refractivity contribution in [1.82, 2.24) is 14.8 Å². The maximum atomic E-state index is 12.7. The number of carbonyl (C=O) groups excluding carboxylic acids is 1. The second kappa shape index (κ2) is 12.8. The van der Waals surface area contributed by atoms with Gasteiger partial charge in [0, 0.05) is 48.5 Å². The number of amides is 1. The molecule has 2 aliphatic rings. The van der Waals surface area contributed by atoms with Crippen molar-refractivity contribution in [2.45, 2.75) is 37.7 Å². The highest BCUT2D eigenvalue weighted by molar-refractivity contribution is 7.92. The van der Waals surface area contributed by atoms with Gasteiger partial charge in [-0.15, -0.1) is 0 Å². The van der Waals surface area contributed by atoms with Crippen LogP contribution in [0, 0.1) is 5.92 Å². The number of aromatic amines is 1. The van der Waals surface area contributed by atoms with Crippen molar-refractivity contribution in [3.05, 3.63) is 69.8 Å². The van der Waals surface area contributed by atoms with Crippen molar-refractivity contribution >= 4 is 61.8 Å². The first kappa shape index (κ1) is 29.9. The average molecular weight is 620 g/mol. The number of fused-ring (bicyclic) bond motifs is 1. The third-order valence-corrected chi connectivity index (χ3v) is 9.59. The number of likely N-dealkylation sites (tertiary alicyclic amines) is 2. The van der Waals surface area contributed by atoms with Gasteiger partial charge in [-0.3, -0.25) is 9.52 Å². The lowest BCUT2D eigenvalue weighted by molar-refractivity contribution is -0.128. The van der Waals surface area contributed by atoms with Gasteiger partial charge in [0.1, 0.15) is 0 Å². The number of piperidine rings is 2. The van der Waals surface area contributed by atoms with Gasteiger partial charge in [-0.2, -0.15) is 0 Å². The molecule has 0 saturated carbocycles. The zero-order valence-corrected chi connectivity index (χ0v) is 25.4. The van der Waals surface area contributed by atoms with Gasteiger partial charge >= 0.3 is 0 Å². The number of aliphatic hydroxyl groups excluding tert-OH is 1. The van der Waals surface area contributed by atoms with E-state index in [1.54, 1.807) is 30.4 Å². The van der Waals surface area contributed by atoms with E-state index in [1.165, 1.54) is 5.56 Å². The fourth-order valence-electron chi connectivity index (χ4n) is 5.99. The number of hydrogen-bond acceptors (Lipinski definition) is 5. The third-order valence-electron chi connectivity index (χ3n) is 8.25. The summed E-state index contributed by atoms with van der Waals surface area (Å²) in [5, 5.41) is 13.0. The molecule has 3 N–H and O–H groups in total. The summed E-state index contributed by atoms with van der Waals surface area (Å²) in [6.45, 7) is 3.69. The number of benzene rings is 2. The monoisotopic (exact) mass is 618 g/mol. The minimum Gasteiger partial charge on any atom is -0.392 e. The van der Waals surface area contributed by atoms with Gasteiger partial charge in [0.2, 0.25) is 15.9 Å². The van der Waals surface area contributed by atoms with Crippen molar-refractivity contribution in [3.63, 3.8) is 0 Å². The molecule has 220 valence electrons. The predicted molar refractivity (Wildman–Crippen MR) is 166 cm³/mol. The number of nitrogens with zero attached hydrogens (tertiary/aromatic N) is 2. The highest BCUT2D eigenvalue weighted by Gasteiger charge is 2.30. The second-order valence-corrected chi connectivity index (χ2v) is 13.8. The molecule has 41 heavy (non-hydrogen) atoms. The fourth-order valence-corrected chi connectivity index (χ4v) is 6.85. The summed E-state index contributed by atoms with van der Waals surface area (Å²) in [6, 6.07) is 10.8. The maximum absolute atomic E-state index is 12.7. The second-order valence-electron chi connectivity index (χ2n) is 11.2. The molecule has 2 fully saturated rings. The molecule has 0 bridgehead atoms. The van der Waals surface area contributed by atoms with E-state index in [1.807, 2.05) is 29.3 Å². The number of sulfonamides is 1. The van der Waals surface area contributed by atoms with Crippen LogP contribution in [0.15, 0.2) is 48.7 Å². The van der Waals surface area contributed by atoms with Crippen LogP contribution in [0.3, 0.4) is 0 Å². The Morgan fingerprint density at radius 3 is 2.49 bits per heavy atom. The summed E-state index contributed by atoms with van der Waals surface area (Å²) >= 11 is 12.0. The molecule has 0 radical (unpaired) electrons. The SMILES string of the molecule is CS(=O)(=O)Nc1ccc2[nH]cc(C3CCN(CC(O)C4CCN(C(=O)/C=C/c5ccc(Cl)c(Cl)c5)CC4)CC3)c2c1. The zero-order chi connectivity index (χ0) is 29.1. The molecule has 8 nitrogen and oxygen atoms in total. The number of H-pyrrole nitrogens is 1. The third kappa shape index (κ3) is 7.64. The van der Waals surface area contributed by atoms with E-state index in [4.69, 9.17) is 23.2 Å². The molecule has 3 aromatic rings. The van der Waals surface area contributed by atoms with E-state index in [-0.39, 0.29) is 11.8 Å². The summed E-state index contributed by atoms with van der Waals surface area (Å²) in [7, 11) is -3.34. The van der Waals surface area contributed by atoms with Crippen LogP contribution in [0.25, 0.3) is 17.0 Å². The number of aromatic nitrogens is 1. The van der Waals surface area contributed by atoms with Gasteiger partial charge in [-0.1, -0.05) is 29.3 Å². The molecule has 0 aliphatic carbocycles. The molecule has 1 atom stereocenters. The van der Waals surface area contributed by atoms with E-state index >= 15 is 0 Å². The molecule has 2 aliphatic heterocycles. The van der Waals surface area contributed by atoms with Crippen LogP contribution in [-0.2, 0) is 14.8 Å². The molecular weight excluding hydrogens is 583 g/mol. The number of anilines is 1. The number of β-amino-alcohol motifs (C(OH)–C–C–N with tert-alkyl or cyclic N) is 1. The first-order valence-electron chi connectivity index (χ1n) is 14.0. The lowest BCUT2D eigenvalue weighted by Crippen LogP contribution is -2.45. The summed E-state index contributed by atoms with van der Waals surface area (Å²) in [5.41, 5.74) is 3.59. The van der Waals surface area contributed by atoms with Crippen molar-refractivity contribution in [3.8, 4) is 0 Å². The predicted octanol–water partition coefficient (Wildman–Crippen LogP) is 5.34. The van der Waals surface area contributed by atoms with Gasteiger partial charge in [0.05, 0.1) is 22.4 Å². The van der Waals surface area contributed by atoms with E-state index in [9.17, 15) is 18.3 Å². The Balaban J connectivity index is 1.09. The molecular formula is C30H36Cl2N4O4S. The Bertz CT molecular complexity index is 1520. The number of halogens is 2. The summed E-state index contributed by atoms with van der Waals surface area (Å²) in [6.07, 6.45) is 9.59. The van der Waals surface area contributed by atoms with E-state index in [2.05, 4.69) is 14.6 Å². The topological polar surface area (TPSA) is 106 Å². The van der Waals surface area contributed by atoms with Gasteiger partial charge in [-0.25, -0.2) is 8.42 Å². The maximum Gasteiger partial charge on any atom is 0.246 e. The van der Waals surface area contributed by atoms with Crippen LogP contribution >= 0.6 is 23.2 Å². The summed E-state index contributed by atoms with van der Waals surface area (Å²) in [4.78, 5) is 20.2. The number of rotatable bonds is 8. The summed E-state index contributed by atoms with van der Waals surface area (Å²) in [5.74, 6) is 0.504. The lowest BCUT2D eigenvalue weighted by atomic mass is 9.87. The molecule has 0 spiro atoms. The molecule has 1 aromatic heterocycles. The molecule has 2 saturated heterocycles. The van der Waals surface area contributed by atoms with Crippen LogP contribution in [0.1, 0.15) is 42.7 Å². The molecule has 1 amide bonds. The van der Waals surface area contributed by atoms with Crippen molar-refractivity contribution in [2.75, 3.05) is 43.7 Å². The molecule has 5 rings (SSSR count). The van der Waals surface area contributed by atoms with Gasteiger partial charge in [-0.05, 0) is 98.1 Å². The van der Waals surface area contributed by atoms with E-state index in [0.29, 0.717) is 41.3 Å². The van der Waals surface area contributed by atoms with Crippen molar-refractivity contribution in [2.24, 2.45) is 5.92 Å². The Labute approximate surface area is 251 Å². The van der Waals surface area contributed by atoms with Crippen LogP contribution in [0.2, 0.25) is 10.0 Å². The Kier molecular flexibility index (Phi) is 9.30. The van der Waals surface area contributed by atoms with E-state index < -0.39 is 16.1 Å². The number of carbonyl (C=O) groups is 1.